The van der Waals surface area contributed by atoms with Gasteiger partial charge in [0.05, 0.1) is 0 Å². The quantitative estimate of drug-likeness (QED) is 0.647. The van der Waals surface area contributed by atoms with E-state index in [0.717, 1.165) is 5.75 Å². The second-order valence-corrected chi connectivity index (χ2v) is 2.35. The molecule has 1 aromatic rings. The van der Waals surface area contributed by atoms with Crippen molar-refractivity contribution >= 4 is 0 Å². The maximum Gasteiger partial charge on any atom is 0.123 e. The van der Waals surface area contributed by atoms with E-state index in [1.807, 2.05) is 31.2 Å². The molecule has 0 bridgehead atoms. The Labute approximate surface area is 65.8 Å². The molecule has 0 aromatic heterocycles. The van der Waals surface area contributed by atoms with Crippen molar-refractivity contribution in [1.29, 1.82) is 0 Å². The van der Waals surface area contributed by atoms with Crippen LogP contribution < -0.4 is 4.74 Å². The van der Waals surface area contributed by atoms with Crippen LogP contribution in [0.3, 0.4) is 0 Å². The number of hydrogen-bond acceptors (Lipinski definition) is 1. The zero-order valence-electron chi connectivity index (χ0n) is 6.51. The van der Waals surface area contributed by atoms with Crippen molar-refractivity contribution < 1.29 is 9.13 Å². The molecule has 1 rings (SSSR count). The summed E-state index contributed by atoms with van der Waals surface area (Å²) in [6.07, 6.45) is 0. The van der Waals surface area contributed by atoms with Gasteiger partial charge in [0.2, 0.25) is 0 Å². The lowest BCUT2D eigenvalue weighted by molar-refractivity contribution is 0.273. The van der Waals surface area contributed by atoms with Crippen LogP contribution in [0.4, 0.5) is 4.39 Å². The molecular formula is C9H11FO. The van der Waals surface area contributed by atoms with Gasteiger partial charge in [-0.2, -0.15) is 0 Å². The van der Waals surface area contributed by atoms with Crippen molar-refractivity contribution in [3.63, 3.8) is 0 Å². The van der Waals surface area contributed by atoms with Gasteiger partial charge in [-0.1, -0.05) is 17.7 Å². The fourth-order valence-corrected chi connectivity index (χ4v) is 0.791. The third-order valence-electron chi connectivity index (χ3n) is 1.37. The minimum atomic E-state index is -0.437. The standard InChI is InChI=1S/C9H11FO/c1-8-2-4-9(5-3-8)11-7-6-10/h2-5H,6-7H2,1H3/i10-1. The van der Waals surface area contributed by atoms with Gasteiger partial charge in [0, 0.05) is 0 Å². The molecule has 0 saturated carbocycles. The third kappa shape index (κ3) is 2.58. The Morgan fingerprint density at radius 3 is 2.45 bits per heavy atom. The van der Waals surface area contributed by atoms with Crippen LogP contribution in [0.5, 0.6) is 5.75 Å². The van der Waals surface area contributed by atoms with E-state index < -0.39 is 6.67 Å². The Hall–Kier alpha value is -1.05. The Balaban J connectivity index is 2.52. The van der Waals surface area contributed by atoms with Crippen LogP contribution in [0.25, 0.3) is 0 Å². The molecule has 60 valence electrons. The van der Waals surface area contributed by atoms with Crippen LogP contribution in [-0.4, -0.2) is 13.3 Å². The van der Waals surface area contributed by atoms with E-state index in [4.69, 9.17) is 4.74 Å². The fraction of sp³-hybridized carbons (Fsp3) is 0.333. The number of rotatable bonds is 3. The van der Waals surface area contributed by atoms with Crippen LogP contribution in [0.1, 0.15) is 5.56 Å². The van der Waals surface area contributed by atoms with Gasteiger partial charge in [-0.3, -0.25) is 0 Å². The molecule has 0 saturated heterocycles. The molecule has 0 radical (unpaired) electrons. The topological polar surface area (TPSA) is 9.23 Å². The van der Waals surface area contributed by atoms with Crippen LogP contribution in [0, 0.1) is 6.92 Å². The molecule has 0 unspecified atom stereocenters. The van der Waals surface area contributed by atoms with E-state index in [2.05, 4.69) is 0 Å². The highest BCUT2D eigenvalue weighted by Crippen LogP contribution is 2.10. The number of aryl methyl sites for hydroxylation is 1. The van der Waals surface area contributed by atoms with E-state index in [1.165, 1.54) is 5.56 Å². The van der Waals surface area contributed by atoms with Crippen molar-refractivity contribution in [1.82, 2.24) is 0 Å². The SMILES string of the molecule is Cc1ccc(OCC[18F])cc1. The number of benzene rings is 1. The van der Waals surface area contributed by atoms with Gasteiger partial charge >= 0.3 is 0 Å². The van der Waals surface area contributed by atoms with Gasteiger partial charge in [0.15, 0.2) is 0 Å². The first-order valence-electron chi connectivity index (χ1n) is 3.58. The van der Waals surface area contributed by atoms with E-state index in [-0.39, 0.29) is 6.61 Å². The van der Waals surface area contributed by atoms with Crippen LogP contribution >= 0.6 is 0 Å². The Bertz CT molecular complexity index is 205. The highest BCUT2D eigenvalue weighted by molar-refractivity contribution is 5.26. The Morgan fingerprint density at radius 2 is 1.91 bits per heavy atom. The van der Waals surface area contributed by atoms with Crippen LogP contribution in [0.2, 0.25) is 0 Å². The summed E-state index contributed by atoms with van der Waals surface area (Å²) in [5.41, 5.74) is 1.18. The summed E-state index contributed by atoms with van der Waals surface area (Å²) in [6, 6.07) is 7.55. The molecule has 0 spiro atoms. The van der Waals surface area contributed by atoms with E-state index in [9.17, 15) is 4.39 Å². The largest absolute Gasteiger partial charge is 0.491 e. The fourth-order valence-electron chi connectivity index (χ4n) is 0.791. The minimum Gasteiger partial charge on any atom is -0.491 e. The highest BCUT2D eigenvalue weighted by Gasteiger charge is 1.90. The van der Waals surface area contributed by atoms with Crippen molar-refractivity contribution in [2.75, 3.05) is 13.3 Å². The lowest BCUT2D eigenvalue weighted by atomic mass is 10.2. The Morgan fingerprint density at radius 1 is 1.27 bits per heavy atom. The zero-order valence-corrected chi connectivity index (χ0v) is 6.51. The summed E-state index contributed by atoms with van der Waals surface area (Å²) in [5.74, 6) is 0.730. The van der Waals surface area contributed by atoms with Crippen molar-refractivity contribution in [2.45, 2.75) is 6.92 Å². The summed E-state index contributed by atoms with van der Waals surface area (Å²) in [5, 5.41) is 0. The zero-order chi connectivity index (χ0) is 8.10. The maximum atomic E-state index is 11.6. The molecule has 2 heteroatoms. The van der Waals surface area contributed by atoms with Crippen molar-refractivity contribution in [2.24, 2.45) is 0 Å². The second kappa shape index (κ2) is 3.96. The molecule has 0 aliphatic rings. The molecule has 1 nitrogen and oxygen atoms in total. The van der Waals surface area contributed by atoms with Crippen molar-refractivity contribution in [3.05, 3.63) is 29.8 Å². The average molecular weight is 153 g/mol. The Kier molecular flexibility index (Phi) is 2.90. The summed E-state index contributed by atoms with van der Waals surface area (Å²) in [4.78, 5) is 0. The second-order valence-electron chi connectivity index (χ2n) is 2.35. The molecule has 11 heavy (non-hydrogen) atoms. The summed E-state index contributed by atoms with van der Waals surface area (Å²) in [7, 11) is 0. The van der Waals surface area contributed by atoms with Crippen LogP contribution in [-0.2, 0) is 0 Å². The number of ether oxygens (including phenoxy) is 1. The summed E-state index contributed by atoms with van der Waals surface area (Å²) in [6.45, 7) is 1.70. The van der Waals surface area contributed by atoms with Gasteiger partial charge in [0.1, 0.15) is 19.0 Å². The first-order valence-corrected chi connectivity index (χ1v) is 3.58. The molecule has 1 aromatic carbocycles. The summed E-state index contributed by atoms with van der Waals surface area (Å²) >= 11 is 0. The monoisotopic (exact) mass is 153 g/mol. The average Bonchev–Trinajstić information content (AvgIpc) is 2.04. The predicted molar refractivity (Wildman–Crippen MR) is 42.6 cm³/mol. The third-order valence-corrected chi connectivity index (χ3v) is 1.37. The van der Waals surface area contributed by atoms with Crippen LogP contribution in [0.15, 0.2) is 24.3 Å². The van der Waals surface area contributed by atoms with Crippen molar-refractivity contribution in [3.8, 4) is 5.75 Å². The molecular weight excluding hydrogens is 142 g/mol. The number of hydrogen-bond donors (Lipinski definition) is 0. The normalized spacial score (nSPS) is 9.64. The van der Waals surface area contributed by atoms with Gasteiger partial charge in [-0.15, -0.1) is 0 Å². The number of alkyl halides is 1. The van der Waals surface area contributed by atoms with Gasteiger partial charge in [-0.25, -0.2) is 4.39 Å². The molecule has 0 amide bonds. The number of halogens is 1. The maximum absolute atomic E-state index is 11.6. The first kappa shape index (κ1) is 8.05. The van der Waals surface area contributed by atoms with Gasteiger partial charge in [0.25, 0.3) is 0 Å². The molecule has 0 N–H and O–H groups in total. The van der Waals surface area contributed by atoms with Gasteiger partial charge in [-0.05, 0) is 19.1 Å². The van der Waals surface area contributed by atoms with E-state index in [0.29, 0.717) is 0 Å². The molecule has 0 fully saturated rings. The highest BCUT2D eigenvalue weighted by atomic mass is 18.2. The first-order chi connectivity index (χ1) is 5.33. The van der Waals surface area contributed by atoms with E-state index in [1.54, 1.807) is 0 Å². The molecule has 0 atom stereocenters. The lowest BCUT2D eigenvalue weighted by Gasteiger charge is -2.02. The molecule has 0 aliphatic carbocycles. The lowest BCUT2D eigenvalue weighted by Crippen LogP contribution is -1.97. The smallest absolute Gasteiger partial charge is 0.123 e. The molecule has 0 heterocycles. The predicted octanol–water partition coefficient (Wildman–Crippen LogP) is 2.34. The minimum absolute atomic E-state index is 0.142. The molecule has 0 aliphatic heterocycles. The van der Waals surface area contributed by atoms with Gasteiger partial charge < -0.3 is 4.74 Å². The van der Waals surface area contributed by atoms with E-state index >= 15 is 0 Å². The summed E-state index contributed by atoms with van der Waals surface area (Å²) < 4.78 is 16.7.